The Morgan fingerprint density at radius 3 is 2.61 bits per heavy atom. The lowest BCUT2D eigenvalue weighted by molar-refractivity contribution is -0.121. The number of nitrogens with one attached hydrogen (secondary N) is 1. The molecule has 0 aromatic heterocycles. The summed E-state index contributed by atoms with van der Waals surface area (Å²) >= 11 is 0. The Morgan fingerprint density at radius 2 is 2.00 bits per heavy atom. The lowest BCUT2D eigenvalue weighted by Gasteiger charge is -2.30. The molecule has 0 spiro atoms. The Kier molecular flexibility index (Phi) is 5.01. The van der Waals surface area contributed by atoms with Gasteiger partial charge in [0.15, 0.2) is 0 Å². The summed E-state index contributed by atoms with van der Waals surface area (Å²) in [5, 5.41) is 2.99. The fraction of sp³-hybridized carbons (Fsp3) is 0.929. The zero-order valence-electron chi connectivity index (χ0n) is 11.5. The predicted molar refractivity (Wildman–Crippen MR) is 73.2 cm³/mol. The molecule has 1 saturated heterocycles. The SMILES string of the molecule is CC1CCN(CCNC(=O)CC(N)C2CC2)CC1. The second-order valence-electron chi connectivity index (χ2n) is 6.08. The van der Waals surface area contributed by atoms with Crippen molar-refractivity contribution >= 4 is 5.91 Å². The first-order valence-corrected chi connectivity index (χ1v) is 7.40. The maximum absolute atomic E-state index is 11.7. The standard InChI is InChI=1S/C14H27N3O/c1-11-4-7-17(8-5-11)9-6-16-14(18)10-13(15)12-2-3-12/h11-13H,2-10,15H2,1H3,(H,16,18). The third-order valence-corrected chi connectivity index (χ3v) is 4.28. The lowest BCUT2D eigenvalue weighted by atomic mass is 9.99. The number of amides is 1. The maximum atomic E-state index is 11.7. The number of piperidine rings is 1. The molecule has 2 fully saturated rings. The van der Waals surface area contributed by atoms with Gasteiger partial charge in [0.25, 0.3) is 0 Å². The predicted octanol–water partition coefficient (Wildman–Crippen LogP) is 0.962. The van der Waals surface area contributed by atoms with Crippen molar-refractivity contribution in [2.75, 3.05) is 26.2 Å². The Labute approximate surface area is 110 Å². The van der Waals surface area contributed by atoms with Gasteiger partial charge in [0.05, 0.1) is 0 Å². The van der Waals surface area contributed by atoms with E-state index in [1.807, 2.05) is 0 Å². The summed E-state index contributed by atoms with van der Waals surface area (Å²) in [4.78, 5) is 14.1. The molecule has 0 radical (unpaired) electrons. The molecule has 2 aliphatic rings. The summed E-state index contributed by atoms with van der Waals surface area (Å²) in [5.74, 6) is 1.60. The molecule has 1 atom stereocenters. The summed E-state index contributed by atoms with van der Waals surface area (Å²) in [7, 11) is 0. The summed E-state index contributed by atoms with van der Waals surface area (Å²) in [6, 6.07) is 0.0841. The first-order chi connectivity index (χ1) is 8.65. The molecule has 1 aliphatic carbocycles. The van der Waals surface area contributed by atoms with Crippen molar-refractivity contribution in [3.8, 4) is 0 Å². The molecule has 1 heterocycles. The van der Waals surface area contributed by atoms with E-state index in [0.717, 1.165) is 19.0 Å². The van der Waals surface area contributed by atoms with Crippen LogP contribution < -0.4 is 11.1 Å². The minimum absolute atomic E-state index is 0.0841. The molecule has 18 heavy (non-hydrogen) atoms. The molecule has 1 unspecified atom stereocenters. The molecule has 0 aromatic rings. The number of carbonyl (C=O) groups excluding carboxylic acids is 1. The second-order valence-corrected chi connectivity index (χ2v) is 6.08. The van der Waals surface area contributed by atoms with Crippen LogP contribution in [0.25, 0.3) is 0 Å². The minimum atomic E-state index is 0.0841. The smallest absolute Gasteiger partial charge is 0.221 e. The van der Waals surface area contributed by atoms with Gasteiger partial charge in [-0.1, -0.05) is 6.92 Å². The minimum Gasteiger partial charge on any atom is -0.355 e. The van der Waals surface area contributed by atoms with E-state index in [1.54, 1.807) is 0 Å². The van der Waals surface area contributed by atoms with E-state index < -0.39 is 0 Å². The van der Waals surface area contributed by atoms with Crippen molar-refractivity contribution in [3.63, 3.8) is 0 Å². The Hall–Kier alpha value is -0.610. The molecule has 1 aliphatic heterocycles. The number of carbonyl (C=O) groups is 1. The van der Waals surface area contributed by atoms with E-state index >= 15 is 0 Å². The van der Waals surface area contributed by atoms with Crippen LogP contribution in [0, 0.1) is 11.8 Å². The average Bonchev–Trinajstić information content (AvgIpc) is 3.15. The van der Waals surface area contributed by atoms with Gasteiger partial charge in [0.1, 0.15) is 0 Å². The highest BCUT2D eigenvalue weighted by Crippen LogP contribution is 2.32. The largest absolute Gasteiger partial charge is 0.355 e. The average molecular weight is 253 g/mol. The molecule has 0 aromatic carbocycles. The number of rotatable bonds is 6. The summed E-state index contributed by atoms with van der Waals surface area (Å²) < 4.78 is 0. The molecule has 0 bridgehead atoms. The van der Waals surface area contributed by atoms with Crippen LogP contribution in [0.4, 0.5) is 0 Å². The zero-order chi connectivity index (χ0) is 13.0. The first kappa shape index (κ1) is 13.8. The van der Waals surface area contributed by atoms with E-state index in [0.29, 0.717) is 12.3 Å². The van der Waals surface area contributed by atoms with Crippen LogP contribution in [0.5, 0.6) is 0 Å². The number of hydrogen-bond acceptors (Lipinski definition) is 3. The van der Waals surface area contributed by atoms with Crippen LogP contribution in [0.1, 0.15) is 39.0 Å². The van der Waals surface area contributed by atoms with Gasteiger partial charge < -0.3 is 16.0 Å². The summed E-state index contributed by atoms with van der Waals surface area (Å²) in [6.45, 7) is 6.43. The van der Waals surface area contributed by atoms with Gasteiger partial charge in [-0.2, -0.15) is 0 Å². The van der Waals surface area contributed by atoms with Crippen LogP contribution in [-0.2, 0) is 4.79 Å². The Morgan fingerprint density at radius 1 is 1.33 bits per heavy atom. The van der Waals surface area contributed by atoms with Gasteiger partial charge in [0, 0.05) is 25.6 Å². The maximum Gasteiger partial charge on any atom is 0.221 e. The van der Waals surface area contributed by atoms with Crippen molar-refractivity contribution in [1.82, 2.24) is 10.2 Å². The van der Waals surface area contributed by atoms with Crippen molar-refractivity contribution < 1.29 is 4.79 Å². The van der Waals surface area contributed by atoms with Gasteiger partial charge in [-0.05, 0) is 50.6 Å². The van der Waals surface area contributed by atoms with Gasteiger partial charge in [-0.3, -0.25) is 4.79 Å². The molecule has 1 amide bonds. The number of likely N-dealkylation sites (tertiary alicyclic amines) is 1. The fourth-order valence-corrected chi connectivity index (χ4v) is 2.62. The molecule has 4 heteroatoms. The van der Waals surface area contributed by atoms with Crippen LogP contribution in [-0.4, -0.2) is 43.0 Å². The van der Waals surface area contributed by atoms with Gasteiger partial charge in [-0.25, -0.2) is 0 Å². The summed E-state index contributed by atoms with van der Waals surface area (Å²) in [6.07, 6.45) is 5.50. The lowest BCUT2D eigenvalue weighted by Crippen LogP contribution is -2.40. The van der Waals surface area contributed by atoms with Crippen LogP contribution in [0.15, 0.2) is 0 Å². The number of nitrogens with zero attached hydrogens (tertiary/aromatic N) is 1. The fourth-order valence-electron chi connectivity index (χ4n) is 2.62. The third-order valence-electron chi connectivity index (χ3n) is 4.28. The number of nitrogens with two attached hydrogens (primary N) is 1. The van der Waals surface area contributed by atoms with Gasteiger partial charge >= 0.3 is 0 Å². The van der Waals surface area contributed by atoms with Crippen molar-refractivity contribution in [1.29, 1.82) is 0 Å². The van der Waals surface area contributed by atoms with Crippen molar-refractivity contribution in [3.05, 3.63) is 0 Å². The zero-order valence-corrected chi connectivity index (χ0v) is 11.5. The van der Waals surface area contributed by atoms with Crippen molar-refractivity contribution in [2.45, 2.75) is 45.1 Å². The Balaban J connectivity index is 1.53. The highest BCUT2D eigenvalue weighted by atomic mass is 16.1. The normalized spacial score (nSPS) is 23.9. The summed E-state index contributed by atoms with van der Waals surface area (Å²) in [5.41, 5.74) is 5.94. The molecular weight excluding hydrogens is 226 g/mol. The highest BCUT2D eigenvalue weighted by molar-refractivity contribution is 5.76. The highest BCUT2D eigenvalue weighted by Gasteiger charge is 2.29. The number of hydrogen-bond donors (Lipinski definition) is 2. The van der Waals surface area contributed by atoms with Crippen LogP contribution >= 0.6 is 0 Å². The molecular formula is C14H27N3O. The van der Waals surface area contributed by atoms with Crippen LogP contribution in [0.3, 0.4) is 0 Å². The van der Waals surface area contributed by atoms with E-state index in [-0.39, 0.29) is 11.9 Å². The Bertz CT molecular complexity index is 270. The van der Waals surface area contributed by atoms with Gasteiger partial charge in [0.2, 0.25) is 5.91 Å². The topological polar surface area (TPSA) is 58.4 Å². The van der Waals surface area contributed by atoms with E-state index in [9.17, 15) is 4.79 Å². The second kappa shape index (κ2) is 6.53. The van der Waals surface area contributed by atoms with Crippen molar-refractivity contribution in [2.24, 2.45) is 17.6 Å². The monoisotopic (exact) mass is 253 g/mol. The molecule has 3 N–H and O–H groups in total. The quantitative estimate of drug-likeness (QED) is 0.741. The van der Waals surface area contributed by atoms with Gasteiger partial charge in [-0.15, -0.1) is 0 Å². The molecule has 4 nitrogen and oxygen atoms in total. The third kappa shape index (κ3) is 4.58. The molecule has 1 saturated carbocycles. The molecule has 2 rings (SSSR count). The molecule has 104 valence electrons. The van der Waals surface area contributed by atoms with Crippen LogP contribution in [0.2, 0.25) is 0 Å². The van der Waals surface area contributed by atoms with E-state index in [1.165, 1.54) is 38.8 Å². The first-order valence-electron chi connectivity index (χ1n) is 7.40. The van der Waals surface area contributed by atoms with E-state index in [4.69, 9.17) is 5.73 Å². The van der Waals surface area contributed by atoms with E-state index in [2.05, 4.69) is 17.1 Å².